The third kappa shape index (κ3) is 5.34. The van der Waals surface area contributed by atoms with Crippen LogP contribution in [0, 0.1) is 6.92 Å². The molecule has 7 heteroatoms. The number of fused-ring (bicyclic) bond motifs is 1. The van der Waals surface area contributed by atoms with Gasteiger partial charge in [0, 0.05) is 48.6 Å². The van der Waals surface area contributed by atoms with Crippen molar-refractivity contribution >= 4 is 34.4 Å². The van der Waals surface area contributed by atoms with E-state index in [4.69, 9.17) is 21.7 Å². The second-order valence-corrected chi connectivity index (χ2v) is 9.13. The van der Waals surface area contributed by atoms with E-state index in [1.54, 1.807) is 0 Å². The van der Waals surface area contributed by atoms with Crippen molar-refractivity contribution < 1.29 is 14.7 Å². The maximum atomic E-state index is 13.2. The van der Waals surface area contributed by atoms with Gasteiger partial charge in [0.1, 0.15) is 0 Å². The first-order chi connectivity index (χ1) is 15.8. The Bertz CT molecular complexity index is 1180. The molecule has 1 aromatic heterocycles. The Hall–Kier alpha value is -2.96. The fourth-order valence-electron chi connectivity index (χ4n) is 4.32. The van der Waals surface area contributed by atoms with E-state index in [-0.39, 0.29) is 18.4 Å². The molecule has 4 rings (SSSR count). The normalized spacial score (nSPS) is 16.8. The van der Waals surface area contributed by atoms with E-state index in [0.717, 1.165) is 29.7 Å². The number of amides is 1. The number of nitrogens with zero attached hydrogens (tertiary/aromatic N) is 3. The first-order valence-corrected chi connectivity index (χ1v) is 11.6. The third-order valence-corrected chi connectivity index (χ3v) is 6.55. The molecule has 33 heavy (non-hydrogen) atoms. The number of benzene rings is 2. The first kappa shape index (κ1) is 23.2. The molecule has 2 heterocycles. The van der Waals surface area contributed by atoms with Crippen LogP contribution < -0.4 is 0 Å². The summed E-state index contributed by atoms with van der Waals surface area (Å²) in [6, 6.07) is 15.7. The van der Waals surface area contributed by atoms with Gasteiger partial charge in [0.15, 0.2) is 0 Å². The number of hydrogen-bond donors (Lipinski definition) is 1. The second kappa shape index (κ2) is 9.89. The first-order valence-electron chi connectivity index (χ1n) is 11.2. The number of aliphatic carboxylic acids is 1. The van der Waals surface area contributed by atoms with Crippen LogP contribution in [0.25, 0.3) is 22.2 Å². The Balaban J connectivity index is 1.51. The topological polar surface area (TPSA) is 73.7 Å². The van der Waals surface area contributed by atoms with Crippen molar-refractivity contribution in [3.05, 3.63) is 64.7 Å². The lowest BCUT2D eigenvalue weighted by molar-refractivity contribution is -0.137. The van der Waals surface area contributed by atoms with Crippen molar-refractivity contribution in [3.8, 4) is 11.3 Å². The summed E-state index contributed by atoms with van der Waals surface area (Å²) in [7, 11) is 0. The number of halogens is 1. The molecule has 0 saturated carbocycles. The van der Waals surface area contributed by atoms with Crippen LogP contribution in [0.3, 0.4) is 0 Å². The van der Waals surface area contributed by atoms with Crippen molar-refractivity contribution in [1.29, 1.82) is 0 Å². The fraction of sp³-hybridized carbons (Fsp3) is 0.346. The number of aryl methyl sites for hydroxylation is 1. The van der Waals surface area contributed by atoms with E-state index >= 15 is 0 Å². The summed E-state index contributed by atoms with van der Waals surface area (Å²) < 4.78 is 0. The predicted octanol–water partition coefficient (Wildman–Crippen LogP) is 4.87. The van der Waals surface area contributed by atoms with Crippen molar-refractivity contribution in [2.75, 3.05) is 26.2 Å². The monoisotopic (exact) mass is 465 g/mol. The highest BCUT2D eigenvalue weighted by atomic mass is 35.5. The maximum absolute atomic E-state index is 13.2. The molecule has 1 N–H and O–H groups in total. The largest absolute Gasteiger partial charge is 0.481 e. The number of hydrogen-bond acceptors (Lipinski definition) is 4. The molecule has 172 valence electrons. The summed E-state index contributed by atoms with van der Waals surface area (Å²) in [5, 5.41) is 10.3. The number of rotatable bonds is 6. The molecule has 0 spiro atoms. The molecule has 6 nitrogen and oxygen atoms in total. The Kier molecular flexibility index (Phi) is 6.96. The molecule has 1 atom stereocenters. The molecule has 1 saturated heterocycles. The van der Waals surface area contributed by atoms with Crippen molar-refractivity contribution in [2.45, 2.75) is 32.7 Å². The summed E-state index contributed by atoms with van der Waals surface area (Å²) in [5.41, 5.74) is 4.23. The van der Waals surface area contributed by atoms with Gasteiger partial charge in [-0.15, -0.1) is 0 Å². The molecule has 0 bridgehead atoms. The highest BCUT2D eigenvalue weighted by Crippen LogP contribution is 2.29. The van der Waals surface area contributed by atoms with Gasteiger partial charge in [0.05, 0.1) is 16.2 Å². The van der Waals surface area contributed by atoms with Gasteiger partial charge in [-0.25, -0.2) is 4.98 Å². The van der Waals surface area contributed by atoms with E-state index in [1.807, 2.05) is 60.4 Å². The summed E-state index contributed by atoms with van der Waals surface area (Å²) in [6.45, 7) is 6.82. The molecular formula is C26H28ClN3O3. The van der Waals surface area contributed by atoms with Crippen molar-refractivity contribution in [3.63, 3.8) is 0 Å². The van der Waals surface area contributed by atoms with Gasteiger partial charge in [0.25, 0.3) is 5.91 Å². The van der Waals surface area contributed by atoms with Gasteiger partial charge in [-0.2, -0.15) is 0 Å². The van der Waals surface area contributed by atoms with Gasteiger partial charge >= 0.3 is 5.97 Å². The molecule has 0 unspecified atom stereocenters. The minimum atomic E-state index is -0.771. The second-order valence-electron chi connectivity index (χ2n) is 8.72. The van der Waals surface area contributed by atoms with Crippen LogP contribution in [0.15, 0.2) is 48.5 Å². The molecule has 2 aromatic carbocycles. The van der Waals surface area contributed by atoms with E-state index in [1.165, 1.54) is 5.56 Å². The van der Waals surface area contributed by atoms with Gasteiger partial charge in [0.2, 0.25) is 0 Å². The van der Waals surface area contributed by atoms with Crippen LogP contribution >= 0.6 is 11.6 Å². The predicted molar refractivity (Wildman–Crippen MR) is 131 cm³/mol. The van der Waals surface area contributed by atoms with E-state index in [2.05, 4.69) is 11.8 Å². The van der Waals surface area contributed by atoms with Crippen molar-refractivity contribution in [2.24, 2.45) is 0 Å². The lowest BCUT2D eigenvalue weighted by atomic mass is 10.1. The number of carboxylic acid groups (broad SMARTS) is 1. The van der Waals surface area contributed by atoms with Crippen LogP contribution in [-0.2, 0) is 4.79 Å². The maximum Gasteiger partial charge on any atom is 0.303 e. The van der Waals surface area contributed by atoms with Crippen LogP contribution in [0.2, 0.25) is 5.02 Å². The number of piperazine rings is 1. The molecular weight excluding hydrogens is 438 g/mol. The summed E-state index contributed by atoms with van der Waals surface area (Å²) in [4.78, 5) is 32.9. The Labute approximate surface area is 198 Å². The number of carboxylic acids is 1. The van der Waals surface area contributed by atoms with Gasteiger partial charge in [-0.1, -0.05) is 47.5 Å². The number of carbonyl (C=O) groups excluding carboxylic acids is 1. The standard InChI is InChI=1S/C26H28ClN3O3/c1-17-5-7-19(8-6-17)23-15-22(27)21-10-9-20(14-24(21)28-23)26(33)30-13-12-29(18(2)16-30)11-3-4-25(31)32/h5-10,14-15,18H,3-4,11-13,16H2,1-2H3,(H,31,32)/t18-/m1/s1. The van der Waals surface area contributed by atoms with Crippen molar-refractivity contribution in [1.82, 2.24) is 14.8 Å². The summed E-state index contributed by atoms with van der Waals surface area (Å²) in [6.07, 6.45) is 0.789. The van der Waals surface area contributed by atoms with Crippen LogP contribution in [0.5, 0.6) is 0 Å². The molecule has 1 amide bonds. The lowest BCUT2D eigenvalue weighted by Gasteiger charge is -2.40. The number of carbonyl (C=O) groups is 2. The van der Waals surface area contributed by atoms with Gasteiger partial charge in [-0.05, 0) is 45.0 Å². The van der Waals surface area contributed by atoms with E-state index in [9.17, 15) is 9.59 Å². The average molecular weight is 466 g/mol. The zero-order chi connectivity index (χ0) is 23.5. The quantitative estimate of drug-likeness (QED) is 0.562. The zero-order valence-corrected chi connectivity index (χ0v) is 19.7. The van der Waals surface area contributed by atoms with Gasteiger partial charge < -0.3 is 10.0 Å². The Morgan fingerprint density at radius 2 is 1.88 bits per heavy atom. The van der Waals surface area contributed by atoms with Crippen LogP contribution in [-0.4, -0.2) is 64.0 Å². The summed E-state index contributed by atoms with van der Waals surface area (Å²) in [5.74, 6) is -0.792. The molecule has 1 aliphatic heterocycles. The minimum absolute atomic E-state index is 0.0207. The molecule has 1 fully saturated rings. The van der Waals surface area contributed by atoms with E-state index < -0.39 is 5.97 Å². The SMILES string of the molecule is Cc1ccc(-c2cc(Cl)c3ccc(C(=O)N4CCN(CCCC(=O)O)[C@H](C)C4)cc3n2)cc1. The number of pyridine rings is 1. The highest BCUT2D eigenvalue weighted by Gasteiger charge is 2.27. The number of aromatic nitrogens is 1. The highest BCUT2D eigenvalue weighted by molar-refractivity contribution is 6.35. The zero-order valence-electron chi connectivity index (χ0n) is 18.9. The summed E-state index contributed by atoms with van der Waals surface area (Å²) >= 11 is 6.54. The molecule has 0 aliphatic carbocycles. The smallest absolute Gasteiger partial charge is 0.303 e. The van der Waals surface area contributed by atoms with Crippen LogP contribution in [0.4, 0.5) is 0 Å². The minimum Gasteiger partial charge on any atom is -0.481 e. The third-order valence-electron chi connectivity index (χ3n) is 6.24. The average Bonchev–Trinajstić information content (AvgIpc) is 2.79. The van der Waals surface area contributed by atoms with E-state index in [0.29, 0.717) is 35.6 Å². The Morgan fingerprint density at radius 1 is 1.12 bits per heavy atom. The molecule has 0 radical (unpaired) electrons. The molecule has 3 aromatic rings. The van der Waals surface area contributed by atoms with Crippen LogP contribution in [0.1, 0.15) is 35.7 Å². The fourth-order valence-corrected chi connectivity index (χ4v) is 4.58. The van der Waals surface area contributed by atoms with Gasteiger partial charge in [-0.3, -0.25) is 14.5 Å². The Morgan fingerprint density at radius 3 is 2.58 bits per heavy atom. The lowest BCUT2D eigenvalue weighted by Crippen LogP contribution is -2.53. The molecule has 1 aliphatic rings.